The van der Waals surface area contributed by atoms with Crippen molar-refractivity contribution in [2.24, 2.45) is 7.05 Å². The quantitative estimate of drug-likeness (QED) is 0.131. The van der Waals surface area contributed by atoms with Gasteiger partial charge in [-0.25, -0.2) is 13.8 Å². The predicted molar refractivity (Wildman–Crippen MR) is 178 cm³/mol. The number of pyridine rings is 1. The Kier molecular flexibility index (Phi) is 7.64. The van der Waals surface area contributed by atoms with Crippen LogP contribution in [-0.4, -0.2) is 62.2 Å². The number of methoxy groups -OCH3 is 1. The molecule has 2 aromatic carbocycles. The van der Waals surface area contributed by atoms with E-state index in [1.165, 1.54) is 30.6 Å². The summed E-state index contributed by atoms with van der Waals surface area (Å²) in [7, 11) is 3.42. The Morgan fingerprint density at radius 2 is 1.91 bits per heavy atom. The number of amides is 1. The molecule has 47 heavy (non-hydrogen) atoms. The zero-order chi connectivity index (χ0) is 33.0. The van der Waals surface area contributed by atoms with E-state index in [0.717, 1.165) is 38.3 Å². The van der Waals surface area contributed by atoms with Gasteiger partial charge < -0.3 is 14.4 Å². The number of ether oxygens (including phenoxy) is 2. The molecule has 0 radical (unpaired) electrons. The highest BCUT2D eigenvalue weighted by Gasteiger charge is 2.39. The Balaban J connectivity index is 1.52. The fourth-order valence-electron chi connectivity index (χ4n) is 6.42. The Hall–Kier alpha value is -4.94. The number of thiophene rings is 1. The van der Waals surface area contributed by atoms with E-state index in [0.29, 0.717) is 35.7 Å². The summed E-state index contributed by atoms with van der Waals surface area (Å²) in [5, 5.41) is 13.0. The maximum absolute atomic E-state index is 16.1. The number of carbonyl (C=O) groups is 1. The van der Waals surface area contributed by atoms with E-state index in [2.05, 4.69) is 11.7 Å². The van der Waals surface area contributed by atoms with Crippen molar-refractivity contribution in [2.45, 2.75) is 25.9 Å². The molecule has 1 amide bonds. The van der Waals surface area contributed by atoms with E-state index in [4.69, 9.17) is 19.6 Å². The second-order valence-corrected chi connectivity index (χ2v) is 12.8. The molecular formula is C35H32F2N6O3S. The van der Waals surface area contributed by atoms with Crippen LogP contribution in [0.4, 0.5) is 8.78 Å². The molecule has 9 nitrogen and oxygen atoms in total. The maximum atomic E-state index is 16.1. The van der Waals surface area contributed by atoms with Gasteiger partial charge in [-0.05, 0) is 49.6 Å². The number of carbonyl (C=O) groups excluding carboxylic acids is 1. The molecule has 0 fully saturated rings. The Morgan fingerprint density at radius 1 is 1.09 bits per heavy atom. The third-order valence-electron chi connectivity index (χ3n) is 8.74. The monoisotopic (exact) mass is 654 g/mol. The molecule has 12 heteroatoms. The van der Waals surface area contributed by atoms with Crippen molar-refractivity contribution < 1.29 is 23.0 Å². The SMILES string of the molecule is C=CC(=O)N1CCn2nc(-c3nc(-c4ccc5c(cnn5C)c4)c4ccsc4c3-c3c(F)cc(F)cc3OCCOC)cc2C1(C)C. The van der Waals surface area contributed by atoms with Gasteiger partial charge in [0.2, 0.25) is 5.91 Å². The number of rotatable bonds is 8. The number of hydrogen-bond acceptors (Lipinski definition) is 7. The minimum absolute atomic E-state index is 0.0360. The van der Waals surface area contributed by atoms with Gasteiger partial charge in [0.1, 0.15) is 35.4 Å². The lowest BCUT2D eigenvalue weighted by Crippen LogP contribution is -2.51. The van der Waals surface area contributed by atoms with E-state index in [9.17, 15) is 9.18 Å². The van der Waals surface area contributed by atoms with Gasteiger partial charge in [-0.2, -0.15) is 10.2 Å². The molecule has 0 spiro atoms. The van der Waals surface area contributed by atoms with Crippen LogP contribution < -0.4 is 4.74 Å². The van der Waals surface area contributed by atoms with E-state index in [1.807, 2.05) is 61.3 Å². The van der Waals surface area contributed by atoms with Crippen LogP contribution in [0.15, 0.2) is 66.7 Å². The highest BCUT2D eigenvalue weighted by molar-refractivity contribution is 7.18. The molecule has 0 bridgehead atoms. The van der Waals surface area contributed by atoms with E-state index in [1.54, 1.807) is 15.8 Å². The van der Waals surface area contributed by atoms with Gasteiger partial charge in [0.15, 0.2) is 0 Å². The number of aryl methyl sites for hydroxylation is 1. The third-order valence-corrected chi connectivity index (χ3v) is 9.67. The molecule has 1 aliphatic rings. The van der Waals surface area contributed by atoms with Crippen molar-refractivity contribution in [3.05, 3.63) is 84.0 Å². The topological polar surface area (TPSA) is 87.3 Å². The van der Waals surface area contributed by atoms with Crippen molar-refractivity contribution in [1.82, 2.24) is 29.4 Å². The molecule has 0 aliphatic carbocycles. The van der Waals surface area contributed by atoms with Crippen LogP contribution in [0.3, 0.4) is 0 Å². The Labute approximate surface area is 273 Å². The molecule has 4 aromatic heterocycles. The normalized spacial score (nSPS) is 14.1. The van der Waals surface area contributed by atoms with Crippen LogP contribution in [-0.2, 0) is 28.7 Å². The zero-order valence-corrected chi connectivity index (χ0v) is 27.2. The lowest BCUT2D eigenvalue weighted by molar-refractivity contribution is -0.133. The van der Waals surface area contributed by atoms with Gasteiger partial charge in [0.05, 0.1) is 47.4 Å². The minimum Gasteiger partial charge on any atom is -0.490 e. The number of fused-ring (bicyclic) bond motifs is 3. The van der Waals surface area contributed by atoms with Gasteiger partial charge in [-0.1, -0.05) is 12.6 Å². The van der Waals surface area contributed by atoms with Gasteiger partial charge in [0.25, 0.3) is 0 Å². The van der Waals surface area contributed by atoms with Gasteiger partial charge in [-0.3, -0.25) is 14.2 Å². The average Bonchev–Trinajstić information content (AvgIpc) is 3.79. The van der Waals surface area contributed by atoms with Gasteiger partial charge in [0, 0.05) is 59.4 Å². The summed E-state index contributed by atoms with van der Waals surface area (Å²) in [5.74, 6) is -1.69. The molecule has 0 saturated carbocycles. The number of hydrogen-bond donors (Lipinski definition) is 0. The number of nitrogens with zero attached hydrogens (tertiary/aromatic N) is 6. The van der Waals surface area contributed by atoms with E-state index in [-0.39, 0.29) is 30.4 Å². The Morgan fingerprint density at radius 3 is 2.70 bits per heavy atom. The molecule has 1 aliphatic heterocycles. The van der Waals surface area contributed by atoms with Crippen LogP contribution in [0.2, 0.25) is 0 Å². The fraction of sp³-hybridized carbons (Fsp3) is 0.257. The largest absolute Gasteiger partial charge is 0.490 e. The maximum Gasteiger partial charge on any atom is 0.246 e. The summed E-state index contributed by atoms with van der Waals surface area (Å²) in [6.45, 7) is 8.81. The predicted octanol–water partition coefficient (Wildman–Crippen LogP) is 6.95. The second kappa shape index (κ2) is 11.7. The summed E-state index contributed by atoms with van der Waals surface area (Å²) in [6.07, 6.45) is 3.12. The van der Waals surface area contributed by atoms with Crippen LogP contribution in [0.25, 0.3) is 54.8 Å². The summed E-state index contributed by atoms with van der Waals surface area (Å²) in [4.78, 5) is 19.8. The Bertz CT molecular complexity index is 2200. The zero-order valence-electron chi connectivity index (χ0n) is 26.4. The highest BCUT2D eigenvalue weighted by Crippen LogP contribution is 2.48. The molecule has 240 valence electrons. The molecule has 5 heterocycles. The first kappa shape index (κ1) is 30.7. The highest BCUT2D eigenvalue weighted by atomic mass is 32.1. The molecule has 0 N–H and O–H groups in total. The van der Waals surface area contributed by atoms with E-state index >= 15 is 4.39 Å². The number of halogens is 2. The number of benzene rings is 2. The third kappa shape index (κ3) is 5.08. The van der Waals surface area contributed by atoms with Crippen LogP contribution in [0, 0.1) is 11.6 Å². The van der Waals surface area contributed by atoms with Crippen molar-refractivity contribution in [3.8, 4) is 39.5 Å². The first-order valence-corrected chi connectivity index (χ1v) is 16.0. The smallest absolute Gasteiger partial charge is 0.246 e. The number of aromatic nitrogens is 5. The minimum atomic E-state index is -0.785. The molecule has 7 rings (SSSR count). The van der Waals surface area contributed by atoms with Crippen LogP contribution in [0.5, 0.6) is 5.75 Å². The first-order valence-electron chi connectivity index (χ1n) is 15.1. The van der Waals surface area contributed by atoms with E-state index < -0.39 is 17.2 Å². The van der Waals surface area contributed by atoms with Gasteiger partial charge in [-0.15, -0.1) is 11.3 Å². The average molecular weight is 655 g/mol. The standard InChI is InChI=1S/C35H32F2N6O3S/c1-6-29(44)42-10-11-43-28(35(42,2)3)18-25(40-43)33-31(30-24(37)16-22(36)17-27(30)46-13-12-45-5)34-23(9-14-47-34)32(39-33)20-7-8-26-21(15-20)19-38-41(26)4/h6-9,14-19H,1,10-13H2,2-5H3. The van der Waals surface area contributed by atoms with Gasteiger partial charge >= 0.3 is 0 Å². The summed E-state index contributed by atoms with van der Waals surface area (Å²) >= 11 is 1.43. The molecule has 0 unspecified atom stereocenters. The van der Waals surface area contributed by atoms with Crippen LogP contribution >= 0.6 is 11.3 Å². The summed E-state index contributed by atoms with van der Waals surface area (Å²) < 4.78 is 46.3. The lowest BCUT2D eigenvalue weighted by Gasteiger charge is -2.42. The lowest BCUT2D eigenvalue weighted by atomic mass is 9.93. The van der Waals surface area contributed by atoms with Crippen molar-refractivity contribution >= 4 is 38.2 Å². The molecular weight excluding hydrogens is 622 g/mol. The first-order chi connectivity index (χ1) is 22.6. The molecule has 0 atom stereocenters. The summed E-state index contributed by atoms with van der Waals surface area (Å²) in [6, 6.07) is 11.9. The molecule has 0 saturated heterocycles. The van der Waals surface area contributed by atoms with Crippen molar-refractivity contribution in [3.63, 3.8) is 0 Å². The summed E-state index contributed by atoms with van der Waals surface area (Å²) in [5.41, 5.74) is 4.01. The fourth-order valence-corrected chi connectivity index (χ4v) is 7.37. The van der Waals surface area contributed by atoms with Crippen molar-refractivity contribution in [2.75, 3.05) is 26.9 Å². The molecule has 6 aromatic rings. The van der Waals surface area contributed by atoms with Crippen LogP contribution in [0.1, 0.15) is 19.5 Å². The second-order valence-electron chi connectivity index (χ2n) is 11.9. The van der Waals surface area contributed by atoms with Crippen molar-refractivity contribution in [1.29, 1.82) is 0 Å².